The summed E-state index contributed by atoms with van der Waals surface area (Å²) in [5.41, 5.74) is 6.70. The zero-order valence-corrected chi connectivity index (χ0v) is 15.8. The van der Waals surface area contributed by atoms with Crippen molar-refractivity contribution in [3.8, 4) is 0 Å². The second-order valence-electron chi connectivity index (χ2n) is 7.04. The molecule has 8 heteroatoms. The SMILES string of the molecule is CC(C)(C)OC(=O)OC(=O)[C@@H](N)Cc1cn(COCc2ccccc2)cn1. The van der Waals surface area contributed by atoms with Crippen LogP contribution in [0.5, 0.6) is 0 Å². The summed E-state index contributed by atoms with van der Waals surface area (Å²) < 4.78 is 16.9. The van der Waals surface area contributed by atoms with E-state index in [9.17, 15) is 9.59 Å². The van der Waals surface area contributed by atoms with Gasteiger partial charge in [-0.15, -0.1) is 0 Å². The molecule has 0 spiro atoms. The Bertz CT molecular complexity index is 752. The Morgan fingerprint density at radius 2 is 1.93 bits per heavy atom. The van der Waals surface area contributed by atoms with Crippen molar-refractivity contribution < 1.29 is 23.8 Å². The minimum atomic E-state index is -1.07. The maximum atomic E-state index is 11.9. The highest BCUT2D eigenvalue weighted by Crippen LogP contribution is 2.09. The van der Waals surface area contributed by atoms with Crippen molar-refractivity contribution in [3.05, 3.63) is 54.1 Å². The van der Waals surface area contributed by atoms with Gasteiger partial charge in [-0.3, -0.25) is 0 Å². The molecular weight excluding hydrogens is 350 g/mol. The van der Waals surface area contributed by atoms with Crippen LogP contribution in [-0.4, -0.2) is 33.3 Å². The molecular formula is C19H25N3O5. The van der Waals surface area contributed by atoms with Crippen molar-refractivity contribution in [3.63, 3.8) is 0 Å². The fraction of sp³-hybridized carbons (Fsp3) is 0.421. The van der Waals surface area contributed by atoms with Crippen molar-refractivity contribution in [1.82, 2.24) is 9.55 Å². The Hall–Kier alpha value is -2.71. The molecule has 2 N–H and O–H groups in total. The van der Waals surface area contributed by atoms with E-state index in [1.807, 2.05) is 30.3 Å². The van der Waals surface area contributed by atoms with E-state index in [1.165, 1.54) is 0 Å². The van der Waals surface area contributed by atoms with E-state index >= 15 is 0 Å². The van der Waals surface area contributed by atoms with E-state index in [4.69, 9.17) is 15.2 Å². The van der Waals surface area contributed by atoms with Crippen LogP contribution < -0.4 is 5.73 Å². The van der Waals surface area contributed by atoms with Gasteiger partial charge < -0.3 is 24.5 Å². The van der Waals surface area contributed by atoms with E-state index in [0.717, 1.165) is 5.56 Å². The minimum Gasteiger partial charge on any atom is -0.428 e. The molecule has 1 heterocycles. The monoisotopic (exact) mass is 375 g/mol. The Kier molecular flexibility index (Phi) is 7.09. The van der Waals surface area contributed by atoms with Crippen molar-refractivity contribution in [2.24, 2.45) is 5.73 Å². The molecule has 0 bridgehead atoms. The third kappa shape index (κ3) is 7.59. The lowest BCUT2D eigenvalue weighted by molar-refractivity contribution is -0.142. The molecule has 146 valence electrons. The lowest BCUT2D eigenvalue weighted by Crippen LogP contribution is -2.37. The van der Waals surface area contributed by atoms with Gasteiger partial charge in [-0.25, -0.2) is 14.6 Å². The average molecular weight is 375 g/mol. The first-order chi connectivity index (χ1) is 12.7. The highest BCUT2D eigenvalue weighted by molar-refractivity contribution is 5.85. The number of imidazole rings is 1. The number of benzene rings is 1. The molecule has 0 aliphatic carbocycles. The molecule has 0 unspecified atom stereocenters. The first kappa shape index (κ1) is 20.6. The van der Waals surface area contributed by atoms with Gasteiger partial charge in [0.25, 0.3) is 0 Å². The summed E-state index contributed by atoms with van der Waals surface area (Å²) in [4.78, 5) is 27.6. The summed E-state index contributed by atoms with van der Waals surface area (Å²) in [6.45, 7) is 5.82. The van der Waals surface area contributed by atoms with E-state index in [2.05, 4.69) is 9.72 Å². The molecule has 1 atom stereocenters. The molecule has 0 aliphatic heterocycles. The molecule has 0 saturated heterocycles. The fourth-order valence-corrected chi connectivity index (χ4v) is 2.16. The largest absolute Gasteiger partial charge is 0.516 e. The highest BCUT2D eigenvalue weighted by Gasteiger charge is 2.24. The molecule has 0 saturated carbocycles. The van der Waals surface area contributed by atoms with Gasteiger partial charge in [-0.1, -0.05) is 30.3 Å². The summed E-state index contributed by atoms with van der Waals surface area (Å²) >= 11 is 0. The zero-order chi connectivity index (χ0) is 19.9. The van der Waals surface area contributed by atoms with Gasteiger partial charge in [0.05, 0.1) is 18.6 Å². The van der Waals surface area contributed by atoms with Gasteiger partial charge in [-0.05, 0) is 26.3 Å². The van der Waals surface area contributed by atoms with Gasteiger partial charge in [0.15, 0.2) is 0 Å². The normalized spacial score (nSPS) is 12.4. The molecule has 2 aromatic rings. The summed E-state index contributed by atoms with van der Waals surface area (Å²) in [6.07, 6.45) is 2.38. The van der Waals surface area contributed by atoms with E-state index in [0.29, 0.717) is 19.0 Å². The van der Waals surface area contributed by atoms with Crippen LogP contribution in [-0.2, 0) is 38.8 Å². The quantitative estimate of drug-likeness (QED) is 0.585. The minimum absolute atomic E-state index is 0.132. The van der Waals surface area contributed by atoms with Crippen LogP contribution in [0.15, 0.2) is 42.9 Å². The summed E-state index contributed by atoms with van der Waals surface area (Å²) in [5.74, 6) is -0.862. The van der Waals surface area contributed by atoms with Crippen molar-refractivity contribution >= 4 is 12.1 Å². The number of rotatable bonds is 7. The second-order valence-corrected chi connectivity index (χ2v) is 7.04. The molecule has 1 aromatic carbocycles. The molecule has 2 rings (SSSR count). The van der Waals surface area contributed by atoms with Crippen molar-refractivity contribution in [1.29, 1.82) is 0 Å². The van der Waals surface area contributed by atoms with Gasteiger partial charge in [0.2, 0.25) is 0 Å². The number of esters is 1. The molecule has 0 radical (unpaired) electrons. The molecule has 8 nitrogen and oxygen atoms in total. The van der Waals surface area contributed by atoms with Crippen LogP contribution >= 0.6 is 0 Å². The Morgan fingerprint density at radius 1 is 1.22 bits per heavy atom. The van der Waals surface area contributed by atoms with Crippen LogP contribution in [0.4, 0.5) is 4.79 Å². The molecule has 1 aromatic heterocycles. The lowest BCUT2D eigenvalue weighted by atomic mass is 10.2. The lowest BCUT2D eigenvalue weighted by Gasteiger charge is -2.18. The maximum absolute atomic E-state index is 11.9. The number of nitrogens with two attached hydrogens (primary N) is 1. The Balaban J connectivity index is 1.77. The second kappa shape index (κ2) is 9.29. The van der Waals surface area contributed by atoms with Crippen LogP contribution in [0.25, 0.3) is 0 Å². The zero-order valence-electron chi connectivity index (χ0n) is 15.8. The van der Waals surface area contributed by atoms with E-state index in [-0.39, 0.29) is 6.42 Å². The van der Waals surface area contributed by atoms with Gasteiger partial charge in [0, 0.05) is 12.6 Å². The molecule has 27 heavy (non-hydrogen) atoms. The number of hydrogen-bond acceptors (Lipinski definition) is 7. The topological polar surface area (TPSA) is 106 Å². The molecule has 0 amide bonds. The van der Waals surface area contributed by atoms with Crippen LogP contribution in [0, 0.1) is 0 Å². The van der Waals surface area contributed by atoms with Crippen molar-refractivity contribution in [2.45, 2.75) is 52.2 Å². The van der Waals surface area contributed by atoms with Crippen LogP contribution in [0.2, 0.25) is 0 Å². The summed E-state index contributed by atoms with van der Waals surface area (Å²) in [6, 6.07) is 8.79. The van der Waals surface area contributed by atoms with Crippen LogP contribution in [0.1, 0.15) is 32.0 Å². The van der Waals surface area contributed by atoms with Gasteiger partial charge in [0.1, 0.15) is 18.4 Å². The predicted molar refractivity (Wildman–Crippen MR) is 97.5 cm³/mol. The fourth-order valence-electron chi connectivity index (χ4n) is 2.16. The molecule has 0 fully saturated rings. The van der Waals surface area contributed by atoms with Crippen LogP contribution in [0.3, 0.4) is 0 Å². The predicted octanol–water partition coefficient (Wildman–Crippen LogP) is 2.41. The number of carbonyl (C=O) groups is 2. The number of ether oxygens (including phenoxy) is 3. The summed E-state index contributed by atoms with van der Waals surface area (Å²) in [7, 11) is 0. The summed E-state index contributed by atoms with van der Waals surface area (Å²) in [5, 5.41) is 0. The number of aromatic nitrogens is 2. The van der Waals surface area contributed by atoms with Gasteiger partial charge in [-0.2, -0.15) is 0 Å². The smallest absolute Gasteiger partial charge is 0.428 e. The average Bonchev–Trinajstić information content (AvgIpc) is 3.01. The van der Waals surface area contributed by atoms with E-state index < -0.39 is 23.8 Å². The third-order valence-electron chi connectivity index (χ3n) is 3.34. The maximum Gasteiger partial charge on any atom is 0.516 e. The van der Waals surface area contributed by atoms with Gasteiger partial charge >= 0.3 is 12.1 Å². The standard InChI is InChI=1S/C19H25N3O5/c1-19(2,3)27-18(24)26-17(23)16(20)9-15-10-22(12-21-15)13-25-11-14-7-5-4-6-8-14/h4-8,10,12,16H,9,11,13,20H2,1-3H3/t16-/m0/s1. The van der Waals surface area contributed by atoms with Crippen molar-refractivity contribution in [2.75, 3.05) is 0 Å². The molecule has 0 aliphatic rings. The Morgan fingerprint density at radius 3 is 2.59 bits per heavy atom. The first-order valence-corrected chi connectivity index (χ1v) is 8.55. The third-order valence-corrected chi connectivity index (χ3v) is 3.34. The Labute approximate surface area is 158 Å². The van der Waals surface area contributed by atoms with E-state index in [1.54, 1.807) is 37.9 Å². The number of hydrogen-bond donors (Lipinski definition) is 1. The number of nitrogens with zero attached hydrogens (tertiary/aromatic N) is 2. The highest BCUT2D eigenvalue weighted by atomic mass is 16.7. The number of carbonyl (C=O) groups excluding carboxylic acids is 2. The first-order valence-electron chi connectivity index (χ1n) is 8.55.